The van der Waals surface area contributed by atoms with Crippen LogP contribution in [0.3, 0.4) is 0 Å². The molecule has 0 atom stereocenters. The van der Waals surface area contributed by atoms with E-state index in [0.717, 1.165) is 0 Å². The lowest BCUT2D eigenvalue weighted by atomic mass is 10.2. The fourth-order valence-corrected chi connectivity index (χ4v) is 0.888. The maximum atomic E-state index is 10.6. The van der Waals surface area contributed by atoms with Gasteiger partial charge in [0.2, 0.25) is 0 Å². The molecule has 70 valence electrons. The highest BCUT2D eigenvalue weighted by molar-refractivity contribution is 6.05. The van der Waals surface area contributed by atoms with Gasteiger partial charge in [-0.1, -0.05) is 5.16 Å². The Labute approximate surface area is 73.1 Å². The number of nitrogens with zero attached hydrogens (tertiary/aromatic N) is 3. The van der Waals surface area contributed by atoms with Crippen LogP contribution in [-0.2, 0) is 7.05 Å². The van der Waals surface area contributed by atoms with Crippen molar-refractivity contribution in [1.29, 1.82) is 0 Å². The van der Waals surface area contributed by atoms with Crippen molar-refractivity contribution < 1.29 is 15.1 Å². The molecule has 0 fully saturated rings. The van der Waals surface area contributed by atoms with Gasteiger partial charge in [-0.2, -0.15) is 5.10 Å². The van der Waals surface area contributed by atoms with Gasteiger partial charge in [-0.15, -0.1) is 0 Å². The van der Waals surface area contributed by atoms with Crippen molar-refractivity contribution in [2.24, 2.45) is 17.9 Å². The van der Waals surface area contributed by atoms with Crippen LogP contribution >= 0.6 is 0 Å². The summed E-state index contributed by atoms with van der Waals surface area (Å²) in [6.07, 6.45) is 1.36. The molecule has 0 aliphatic rings. The van der Waals surface area contributed by atoms with Crippen LogP contribution < -0.4 is 5.73 Å². The van der Waals surface area contributed by atoms with Crippen molar-refractivity contribution in [2.45, 2.75) is 0 Å². The Hall–Kier alpha value is -2.05. The second kappa shape index (κ2) is 3.13. The van der Waals surface area contributed by atoms with Crippen LogP contribution in [0.25, 0.3) is 0 Å². The Morgan fingerprint density at radius 1 is 1.77 bits per heavy atom. The molecule has 0 saturated carbocycles. The lowest BCUT2D eigenvalue weighted by molar-refractivity contribution is 0.0689. The number of aromatic nitrogens is 2. The second-order valence-electron chi connectivity index (χ2n) is 2.36. The first kappa shape index (κ1) is 9.04. The van der Waals surface area contributed by atoms with Gasteiger partial charge in [0.05, 0.1) is 5.56 Å². The van der Waals surface area contributed by atoms with E-state index in [9.17, 15) is 4.79 Å². The number of hydrogen-bond donors (Lipinski definition) is 3. The maximum Gasteiger partial charge on any atom is 0.357 e. The minimum atomic E-state index is -1.22. The van der Waals surface area contributed by atoms with Gasteiger partial charge in [0.15, 0.2) is 11.5 Å². The van der Waals surface area contributed by atoms with Gasteiger partial charge < -0.3 is 16.0 Å². The van der Waals surface area contributed by atoms with Gasteiger partial charge in [-0.05, 0) is 0 Å². The molecule has 0 aliphatic carbocycles. The van der Waals surface area contributed by atoms with E-state index < -0.39 is 5.97 Å². The number of carboxylic acid groups (broad SMARTS) is 1. The maximum absolute atomic E-state index is 10.6. The van der Waals surface area contributed by atoms with E-state index in [1.807, 2.05) is 0 Å². The highest BCUT2D eigenvalue weighted by Crippen LogP contribution is 2.05. The minimum Gasteiger partial charge on any atom is -0.476 e. The molecule has 0 radical (unpaired) electrons. The molecule has 0 unspecified atom stereocenters. The quantitative estimate of drug-likeness (QED) is 0.241. The lowest BCUT2D eigenvalue weighted by Crippen LogP contribution is -2.16. The number of carbonyl (C=O) groups is 1. The summed E-state index contributed by atoms with van der Waals surface area (Å²) in [5.74, 6) is -1.49. The SMILES string of the molecule is Cn1cc(/C(N)=N\O)c(C(=O)O)n1. The average Bonchev–Trinajstić information content (AvgIpc) is 2.46. The predicted molar refractivity (Wildman–Crippen MR) is 42.7 cm³/mol. The van der Waals surface area contributed by atoms with Crippen LogP contribution in [0.1, 0.15) is 16.1 Å². The highest BCUT2D eigenvalue weighted by atomic mass is 16.4. The van der Waals surface area contributed by atoms with E-state index in [2.05, 4.69) is 10.3 Å². The molecule has 0 saturated heterocycles. The molecule has 0 aliphatic heterocycles. The topological polar surface area (TPSA) is 114 Å². The second-order valence-corrected chi connectivity index (χ2v) is 2.36. The van der Waals surface area contributed by atoms with E-state index in [1.165, 1.54) is 10.9 Å². The third-order valence-electron chi connectivity index (χ3n) is 1.42. The first-order chi connectivity index (χ1) is 6.06. The first-order valence-electron chi connectivity index (χ1n) is 3.31. The number of aromatic carboxylic acids is 1. The standard InChI is InChI=1S/C6H8N4O3/c1-10-2-3(5(7)9-13)4(8-10)6(11)12/h2,13H,1H3,(H2,7,9)(H,11,12). The lowest BCUT2D eigenvalue weighted by Gasteiger charge is -1.93. The fraction of sp³-hybridized carbons (Fsp3) is 0.167. The van der Waals surface area contributed by atoms with Crippen LogP contribution in [0.4, 0.5) is 0 Å². The average molecular weight is 184 g/mol. The molecular weight excluding hydrogens is 176 g/mol. The number of nitrogens with two attached hydrogens (primary N) is 1. The Morgan fingerprint density at radius 2 is 2.38 bits per heavy atom. The molecule has 0 amide bonds. The number of hydrogen-bond acceptors (Lipinski definition) is 4. The predicted octanol–water partition coefficient (Wildman–Crippen LogP) is -0.787. The van der Waals surface area contributed by atoms with Gasteiger partial charge in [0.25, 0.3) is 0 Å². The smallest absolute Gasteiger partial charge is 0.357 e. The highest BCUT2D eigenvalue weighted by Gasteiger charge is 2.17. The first-order valence-corrected chi connectivity index (χ1v) is 3.31. The van der Waals surface area contributed by atoms with E-state index in [0.29, 0.717) is 0 Å². The molecule has 4 N–H and O–H groups in total. The third-order valence-corrected chi connectivity index (χ3v) is 1.42. The van der Waals surface area contributed by atoms with Crippen molar-refractivity contribution in [3.05, 3.63) is 17.5 Å². The minimum absolute atomic E-state index is 0.0949. The molecule has 7 heteroatoms. The summed E-state index contributed by atoms with van der Waals surface area (Å²) < 4.78 is 1.27. The molecular formula is C6H8N4O3. The molecule has 0 bridgehead atoms. The zero-order valence-electron chi connectivity index (χ0n) is 6.80. The summed E-state index contributed by atoms with van der Waals surface area (Å²) in [6.45, 7) is 0. The number of amidine groups is 1. The summed E-state index contributed by atoms with van der Waals surface area (Å²) in [5.41, 5.74) is 5.09. The summed E-state index contributed by atoms with van der Waals surface area (Å²) in [7, 11) is 1.54. The van der Waals surface area contributed by atoms with Crippen LogP contribution in [-0.4, -0.2) is 31.9 Å². The number of carboxylic acids is 1. The Morgan fingerprint density at radius 3 is 2.85 bits per heavy atom. The van der Waals surface area contributed by atoms with Gasteiger partial charge in [-0.25, -0.2) is 4.79 Å². The van der Waals surface area contributed by atoms with Crippen molar-refractivity contribution in [1.82, 2.24) is 9.78 Å². The molecule has 1 aromatic rings. The number of aryl methyl sites for hydroxylation is 1. The largest absolute Gasteiger partial charge is 0.476 e. The normalized spacial score (nSPS) is 11.6. The number of oxime groups is 1. The molecule has 7 nitrogen and oxygen atoms in total. The van der Waals surface area contributed by atoms with Gasteiger partial charge >= 0.3 is 5.97 Å². The van der Waals surface area contributed by atoms with Crippen molar-refractivity contribution in [3.63, 3.8) is 0 Å². The van der Waals surface area contributed by atoms with E-state index >= 15 is 0 Å². The van der Waals surface area contributed by atoms with Crippen LogP contribution in [0.5, 0.6) is 0 Å². The number of rotatable bonds is 2. The van der Waals surface area contributed by atoms with Gasteiger partial charge in [-0.3, -0.25) is 4.68 Å². The Kier molecular flexibility index (Phi) is 2.18. The van der Waals surface area contributed by atoms with Crippen LogP contribution in [0.2, 0.25) is 0 Å². The van der Waals surface area contributed by atoms with Crippen LogP contribution in [0.15, 0.2) is 11.4 Å². The summed E-state index contributed by atoms with van der Waals surface area (Å²) in [5, 5.41) is 23.3. The monoisotopic (exact) mass is 184 g/mol. The zero-order valence-corrected chi connectivity index (χ0v) is 6.80. The van der Waals surface area contributed by atoms with E-state index in [4.69, 9.17) is 16.0 Å². The fourth-order valence-electron chi connectivity index (χ4n) is 0.888. The summed E-state index contributed by atoms with van der Waals surface area (Å²) >= 11 is 0. The Balaban J connectivity index is 3.27. The molecule has 1 heterocycles. The Bertz CT molecular complexity index is 368. The summed E-state index contributed by atoms with van der Waals surface area (Å²) in [4.78, 5) is 10.6. The van der Waals surface area contributed by atoms with E-state index in [-0.39, 0.29) is 17.1 Å². The van der Waals surface area contributed by atoms with Crippen molar-refractivity contribution in [3.8, 4) is 0 Å². The van der Waals surface area contributed by atoms with E-state index in [1.54, 1.807) is 7.05 Å². The molecule has 13 heavy (non-hydrogen) atoms. The molecule has 0 spiro atoms. The zero-order chi connectivity index (χ0) is 10.0. The van der Waals surface area contributed by atoms with Crippen molar-refractivity contribution >= 4 is 11.8 Å². The van der Waals surface area contributed by atoms with Crippen molar-refractivity contribution in [2.75, 3.05) is 0 Å². The molecule has 1 rings (SSSR count). The van der Waals surface area contributed by atoms with Crippen LogP contribution in [0, 0.1) is 0 Å². The van der Waals surface area contributed by atoms with Gasteiger partial charge in [0, 0.05) is 13.2 Å². The molecule has 0 aromatic carbocycles. The third kappa shape index (κ3) is 1.58. The summed E-state index contributed by atoms with van der Waals surface area (Å²) in [6, 6.07) is 0. The molecule has 1 aromatic heterocycles. The van der Waals surface area contributed by atoms with Gasteiger partial charge in [0.1, 0.15) is 0 Å².